The predicted octanol–water partition coefficient (Wildman–Crippen LogP) is 2.92. The van der Waals surface area contributed by atoms with Gasteiger partial charge in [0.05, 0.1) is 12.1 Å². The number of carbonyl (C=O) groups excluding carboxylic acids is 1. The van der Waals surface area contributed by atoms with E-state index in [0.717, 1.165) is 25.7 Å². The number of amides is 1. The summed E-state index contributed by atoms with van der Waals surface area (Å²) in [6.07, 6.45) is 3.47. The van der Waals surface area contributed by atoms with Crippen LogP contribution in [0.1, 0.15) is 41.8 Å². The van der Waals surface area contributed by atoms with E-state index in [1.165, 1.54) is 6.07 Å². The number of aliphatic hydroxyl groups excluding tert-OH is 1. The number of hydrogen-bond donors (Lipinski definition) is 2. The van der Waals surface area contributed by atoms with E-state index in [0.29, 0.717) is 10.9 Å². The van der Waals surface area contributed by atoms with Crippen LogP contribution in [-0.4, -0.2) is 23.2 Å². The van der Waals surface area contributed by atoms with Gasteiger partial charge in [-0.3, -0.25) is 4.79 Å². The summed E-state index contributed by atoms with van der Waals surface area (Å²) in [7, 11) is 0. The summed E-state index contributed by atoms with van der Waals surface area (Å²) in [5.74, 6) is -0.749. The molecule has 0 bridgehead atoms. The molecule has 0 saturated heterocycles. The number of para-hydroxylation sites is 1. The summed E-state index contributed by atoms with van der Waals surface area (Å²) in [6, 6.07) is 4.62. The second kappa shape index (κ2) is 5.15. The number of rotatable bonds is 3. The van der Waals surface area contributed by atoms with E-state index in [9.17, 15) is 14.3 Å². The van der Waals surface area contributed by atoms with Gasteiger partial charge in [0.25, 0.3) is 5.91 Å². The van der Waals surface area contributed by atoms with E-state index in [1.54, 1.807) is 19.1 Å². The quantitative estimate of drug-likeness (QED) is 0.914. The number of aryl methyl sites for hydroxylation is 1. The van der Waals surface area contributed by atoms with Crippen molar-refractivity contribution in [3.8, 4) is 0 Å². The Morgan fingerprint density at radius 1 is 1.43 bits per heavy atom. The van der Waals surface area contributed by atoms with Crippen molar-refractivity contribution in [2.45, 2.75) is 38.1 Å². The molecule has 1 heterocycles. The first-order chi connectivity index (χ1) is 10.1. The lowest BCUT2D eigenvalue weighted by Crippen LogP contribution is -2.49. The number of carbonyl (C=O) groups is 1. The van der Waals surface area contributed by atoms with Gasteiger partial charge in [0.2, 0.25) is 0 Å². The Balaban J connectivity index is 1.95. The summed E-state index contributed by atoms with van der Waals surface area (Å²) in [4.78, 5) is 12.4. The fourth-order valence-corrected chi connectivity index (χ4v) is 3.10. The third-order valence-corrected chi connectivity index (χ3v) is 4.36. The van der Waals surface area contributed by atoms with Crippen LogP contribution in [0.25, 0.3) is 11.0 Å². The van der Waals surface area contributed by atoms with Gasteiger partial charge in [-0.05, 0) is 25.8 Å². The maximum absolute atomic E-state index is 13.7. The summed E-state index contributed by atoms with van der Waals surface area (Å²) in [6.45, 7) is 1.65. The highest BCUT2D eigenvalue weighted by Gasteiger charge is 2.36. The van der Waals surface area contributed by atoms with Crippen LogP contribution < -0.4 is 5.32 Å². The first-order valence-corrected chi connectivity index (χ1v) is 7.17. The van der Waals surface area contributed by atoms with Gasteiger partial charge in [-0.25, -0.2) is 4.39 Å². The largest absolute Gasteiger partial charge is 0.448 e. The zero-order valence-corrected chi connectivity index (χ0v) is 11.9. The molecule has 1 amide bonds. The number of aliphatic hydroxyl groups is 1. The maximum Gasteiger partial charge on any atom is 0.287 e. The molecule has 5 heteroatoms. The Morgan fingerprint density at radius 2 is 2.14 bits per heavy atom. The van der Waals surface area contributed by atoms with Gasteiger partial charge in [0, 0.05) is 10.9 Å². The molecule has 0 spiro atoms. The van der Waals surface area contributed by atoms with Gasteiger partial charge in [-0.1, -0.05) is 25.0 Å². The summed E-state index contributed by atoms with van der Waals surface area (Å²) < 4.78 is 19.1. The van der Waals surface area contributed by atoms with Crippen molar-refractivity contribution < 1.29 is 18.7 Å². The van der Waals surface area contributed by atoms with E-state index in [1.807, 2.05) is 0 Å². The Morgan fingerprint density at radius 3 is 2.76 bits per heavy atom. The minimum Gasteiger partial charge on any atom is -0.448 e. The van der Waals surface area contributed by atoms with Crippen molar-refractivity contribution >= 4 is 16.9 Å². The minimum atomic E-state index is -0.568. The molecule has 1 fully saturated rings. The molecule has 1 saturated carbocycles. The van der Waals surface area contributed by atoms with Crippen molar-refractivity contribution in [2.24, 2.45) is 0 Å². The molecule has 2 N–H and O–H groups in total. The summed E-state index contributed by atoms with van der Waals surface area (Å²) >= 11 is 0. The van der Waals surface area contributed by atoms with Crippen molar-refractivity contribution in [3.63, 3.8) is 0 Å². The molecule has 21 heavy (non-hydrogen) atoms. The van der Waals surface area contributed by atoms with Crippen LogP contribution in [0, 0.1) is 12.7 Å². The molecular formula is C16H18FNO3. The summed E-state index contributed by atoms with van der Waals surface area (Å²) in [5, 5.41) is 13.0. The van der Waals surface area contributed by atoms with E-state index in [2.05, 4.69) is 5.32 Å². The van der Waals surface area contributed by atoms with Crippen molar-refractivity contribution in [1.29, 1.82) is 0 Å². The Kier molecular flexibility index (Phi) is 3.45. The molecule has 4 nitrogen and oxygen atoms in total. The Bertz CT molecular complexity index is 686. The number of hydrogen-bond acceptors (Lipinski definition) is 3. The average molecular weight is 291 g/mol. The highest BCUT2D eigenvalue weighted by atomic mass is 19.1. The third kappa shape index (κ3) is 2.31. The standard InChI is InChI=1S/C16H18FNO3/c1-10-11-5-4-6-12(17)14(11)21-13(10)15(20)18-16(9-19)7-2-3-8-16/h4-6,19H,2-3,7-9H2,1H3,(H,18,20). The molecule has 1 aliphatic rings. The molecule has 0 radical (unpaired) electrons. The zero-order chi connectivity index (χ0) is 15.0. The zero-order valence-electron chi connectivity index (χ0n) is 11.9. The second-order valence-corrected chi connectivity index (χ2v) is 5.77. The molecular weight excluding hydrogens is 273 g/mol. The molecule has 2 aromatic rings. The van der Waals surface area contributed by atoms with Gasteiger partial charge in [-0.2, -0.15) is 0 Å². The van der Waals surface area contributed by atoms with E-state index < -0.39 is 11.4 Å². The van der Waals surface area contributed by atoms with E-state index in [-0.39, 0.29) is 23.9 Å². The van der Waals surface area contributed by atoms with Crippen LogP contribution in [0.3, 0.4) is 0 Å². The lowest BCUT2D eigenvalue weighted by molar-refractivity contribution is 0.0812. The number of furan rings is 1. The van der Waals surface area contributed by atoms with Crippen LogP contribution in [0.5, 0.6) is 0 Å². The molecule has 0 unspecified atom stereocenters. The fourth-order valence-electron chi connectivity index (χ4n) is 3.10. The summed E-state index contributed by atoms with van der Waals surface area (Å²) in [5.41, 5.74) is 0.152. The highest BCUT2D eigenvalue weighted by molar-refractivity contribution is 5.99. The van der Waals surface area contributed by atoms with Crippen LogP contribution in [0.4, 0.5) is 4.39 Å². The highest BCUT2D eigenvalue weighted by Crippen LogP contribution is 2.31. The van der Waals surface area contributed by atoms with Crippen molar-refractivity contribution in [1.82, 2.24) is 5.32 Å². The van der Waals surface area contributed by atoms with Crippen LogP contribution in [-0.2, 0) is 0 Å². The second-order valence-electron chi connectivity index (χ2n) is 5.77. The molecule has 1 aromatic carbocycles. The molecule has 1 aromatic heterocycles. The number of fused-ring (bicyclic) bond motifs is 1. The Labute approximate surface area is 121 Å². The van der Waals surface area contributed by atoms with Gasteiger partial charge >= 0.3 is 0 Å². The lowest BCUT2D eigenvalue weighted by atomic mass is 9.98. The number of halogens is 1. The van der Waals surface area contributed by atoms with Gasteiger partial charge in [-0.15, -0.1) is 0 Å². The maximum atomic E-state index is 13.7. The SMILES string of the molecule is Cc1c(C(=O)NC2(CO)CCCC2)oc2c(F)cccc12. The van der Waals surface area contributed by atoms with Gasteiger partial charge < -0.3 is 14.8 Å². The van der Waals surface area contributed by atoms with Crippen molar-refractivity contribution in [2.75, 3.05) is 6.61 Å². The van der Waals surface area contributed by atoms with Gasteiger partial charge in [0.15, 0.2) is 17.2 Å². The first-order valence-electron chi connectivity index (χ1n) is 7.17. The van der Waals surface area contributed by atoms with Crippen LogP contribution in [0.15, 0.2) is 22.6 Å². The van der Waals surface area contributed by atoms with E-state index >= 15 is 0 Å². The smallest absolute Gasteiger partial charge is 0.287 e. The number of nitrogens with one attached hydrogen (secondary N) is 1. The normalized spacial score (nSPS) is 17.3. The van der Waals surface area contributed by atoms with Gasteiger partial charge in [0.1, 0.15) is 0 Å². The lowest BCUT2D eigenvalue weighted by Gasteiger charge is -2.27. The molecule has 0 atom stereocenters. The third-order valence-electron chi connectivity index (χ3n) is 4.36. The minimum absolute atomic E-state index is 0.0909. The first kappa shape index (κ1) is 14.1. The molecule has 0 aliphatic heterocycles. The topological polar surface area (TPSA) is 62.5 Å². The predicted molar refractivity (Wildman–Crippen MR) is 76.7 cm³/mol. The Hall–Kier alpha value is -1.88. The molecule has 3 rings (SSSR count). The molecule has 112 valence electrons. The monoisotopic (exact) mass is 291 g/mol. The number of benzene rings is 1. The van der Waals surface area contributed by atoms with E-state index in [4.69, 9.17) is 4.42 Å². The van der Waals surface area contributed by atoms with Crippen LogP contribution in [0.2, 0.25) is 0 Å². The fraction of sp³-hybridized carbons (Fsp3) is 0.438. The van der Waals surface area contributed by atoms with Crippen LogP contribution >= 0.6 is 0 Å². The van der Waals surface area contributed by atoms with Crippen molar-refractivity contribution in [3.05, 3.63) is 35.3 Å². The molecule has 1 aliphatic carbocycles. The average Bonchev–Trinajstić information content (AvgIpc) is 3.06.